The van der Waals surface area contributed by atoms with Crippen LogP contribution in [0, 0.1) is 0 Å². The Morgan fingerprint density at radius 1 is 0.773 bits per heavy atom. The second kappa shape index (κ2) is 7.55. The van der Waals surface area contributed by atoms with Gasteiger partial charge < -0.3 is 10.2 Å². The Labute approximate surface area is 133 Å². The van der Waals surface area contributed by atoms with Crippen LogP contribution in [0.1, 0.15) is 36.8 Å². The van der Waals surface area contributed by atoms with E-state index in [0.29, 0.717) is 12.1 Å². The Morgan fingerprint density at radius 3 is 1.55 bits per heavy atom. The average molecular weight is 304 g/mol. The molecule has 0 spiro atoms. The summed E-state index contributed by atoms with van der Waals surface area (Å²) in [4.78, 5) is 4.77. The molecule has 3 rings (SSSR count). The van der Waals surface area contributed by atoms with E-state index in [-0.39, 0.29) is 13.2 Å². The highest BCUT2D eigenvalue weighted by molar-refractivity contribution is 5.23. The van der Waals surface area contributed by atoms with Gasteiger partial charge in [0, 0.05) is 25.2 Å². The molecule has 4 heteroatoms. The van der Waals surface area contributed by atoms with Crippen molar-refractivity contribution in [2.75, 3.05) is 26.3 Å². The highest BCUT2D eigenvalue weighted by Crippen LogP contribution is 2.22. The third-order valence-electron chi connectivity index (χ3n) is 5.21. The normalized spacial score (nSPS) is 26.8. The van der Waals surface area contributed by atoms with Gasteiger partial charge in [0.1, 0.15) is 0 Å². The average Bonchev–Trinajstić information content (AvgIpc) is 3.17. The molecule has 22 heavy (non-hydrogen) atoms. The predicted molar refractivity (Wildman–Crippen MR) is 87.5 cm³/mol. The molecular formula is C18H28N2O2. The lowest BCUT2D eigenvalue weighted by molar-refractivity contribution is 0.152. The molecule has 2 atom stereocenters. The van der Waals surface area contributed by atoms with Crippen LogP contribution in [0.5, 0.6) is 0 Å². The first-order valence-corrected chi connectivity index (χ1v) is 8.58. The summed E-state index contributed by atoms with van der Waals surface area (Å²) in [6.45, 7) is 4.62. The summed E-state index contributed by atoms with van der Waals surface area (Å²) < 4.78 is 0. The lowest BCUT2D eigenvalue weighted by Gasteiger charge is -2.24. The third kappa shape index (κ3) is 3.69. The molecule has 0 aliphatic carbocycles. The zero-order valence-corrected chi connectivity index (χ0v) is 13.3. The Kier molecular flexibility index (Phi) is 5.47. The minimum Gasteiger partial charge on any atom is -0.395 e. The molecule has 0 aromatic heterocycles. The van der Waals surface area contributed by atoms with Crippen molar-refractivity contribution in [3.63, 3.8) is 0 Å². The Hall–Kier alpha value is -0.940. The zero-order chi connectivity index (χ0) is 15.4. The van der Waals surface area contributed by atoms with Gasteiger partial charge in [0.25, 0.3) is 0 Å². The van der Waals surface area contributed by atoms with Gasteiger partial charge in [0.05, 0.1) is 13.2 Å². The second-order valence-electron chi connectivity index (χ2n) is 6.71. The lowest BCUT2D eigenvalue weighted by atomic mass is 10.1. The minimum atomic E-state index is 0.273. The maximum absolute atomic E-state index is 9.40. The number of rotatable bonds is 6. The van der Waals surface area contributed by atoms with Crippen molar-refractivity contribution in [2.45, 2.75) is 50.9 Å². The molecule has 0 radical (unpaired) electrons. The van der Waals surface area contributed by atoms with Gasteiger partial charge in [0.2, 0.25) is 0 Å². The molecule has 0 bridgehead atoms. The highest BCUT2D eigenvalue weighted by Gasteiger charge is 2.24. The molecule has 0 amide bonds. The summed E-state index contributed by atoms with van der Waals surface area (Å²) in [6, 6.07) is 9.54. The van der Waals surface area contributed by atoms with Gasteiger partial charge in [-0.05, 0) is 49.9 Å². The Balaban J connectivity index is 1.56. The molecule has 4 nitrogen and oxygen atoms in total. The topological polar surface area (TPSA) is 46.9 Å². The number of hydrogen-bond acceptors (Lipinski definition) is 4. The van der Waals surface area contributed by atoms with Crippen molar-refractivity contribution in [3.05, 3.63) is 35.4 Å². The van der Waals surface area contributed by atoms with Crippen molar-refractivity contribution < 1.29 is 10.2 Å². The fourth-order valence-electron chi connectivity index (χ4n) is 3.84. The maximum Gasteiger partial charge on any atom is 0.0587 e. The predicted octanol–water partition coefficient (Wildman–Crippen LogP) is 1.60. The quantitative estimate of drug-likeness (QED) is 0.838. The summed E-state index contributed by atoms with van der Waals surface area (Å²) in [5.74, 6) is 0. The summed E-state index contributed by atoms with van der Waals surface area (Å²) in [6.07, 6.45) is 4.62. The molecule has 2 aliphatic rings. The molecule has 2 unspecified atom stereocenters. The number of benzene rings is 1. The number of aliphatic hydroxyl groups excluding tert-OH is 2. The smallest absolute Gasteiger partial charge is 0.0587 e. The van der Waals surface area contributed by atoms with E-state index in [1.165, 1.54) is 24.0 Å². The summed E-state index contributed by atoms with van der Waals surface area (Å²) >= 11 is 0. The van der Waals surface area contributed by atoms with E-state index in [0.717, 1.165) is 39.0 Å². The maximum atomic E-state index is 9.40. The van der Waals surface area contributed by atoms with Gasteiger partial charge in [-0.25, -0.2) is 0 Å². The van der Waals surface area contributed by atoms with Crippen LogP contribution in [0.25, 0.3) is 0 Å². The van der Waals surface area contributed by atoms with Crippen molar-refractivity contribution in [1.82, 2.24) is 9.80 Å². The third-order valence-corrected chi connectivity index (χ3v) is 5.21. The van der Waals surface area contributed by atoms with Crippen LogP contribution >= 0.6 is 0 Å². The Bertz CT molecular complexity index is 420. The molecule has 2 saturated heterocycles. The van der Waals surface area contributed by atoms with Crippen LogP contribution in [0.3, 0.4) is 0 Å². The van der Waals surface area contributed by atoms with Crippen molar-refractivity contribution in [2.24, 2.45) is 0 Å². The standard InChI is InChI=1S/C18H28N2O2/c21-13-17-3-1-9-19(17)11-15-5-7-16(8-6-15)12-20-10-2-4-18(20)14-22/h5-8,17-18,21-22H,1-4,9-14H2. The molecular weight excluding hydrogens is 276 g/mol. The van der Waals surface area contributed by atoms with Gasteiger partial charge in [-0.1, -0.05) is 24.3 Å². The van der Waals surface area contributed by atoms with Gasteiger partial charge in [0.15, 0.2) is 0 Å². The fourth-order valence-corrected chi connectivity index (χ4v) is 3.84. The van der Waals surface area contributed by atoms with Gasteiger partial charge in [-0.3, -0.25) is 9.80 Å². The van der Waals surface area contributed by atoms with Crippen molar-refractivity contribution in [3.8, 4) is 0 Å². The van der Waals surface area contributed by atoms with Crippen LogP contribution in [0.4, 0.5) is 0 Å². The number of nitrogens with zero attached hydrogens (tertiary/aromatic N) is 2. The first-order chi connectivity index (χ1) is 10.8. The summed E-state index contributed by atoms with van der Waals surface area (Å²) in [5, 5.41) is 18.8. The lowest BCUT2D eigenvalue weighted by Crippen LogP contribution is -2.32. The van der Waals surface area contributed by atoms with E-state index < -0.39 is 0 Å². The first kappa shape index (κ1) is 15.9. The molecule has 2 heterocycles. The van der Waals surface area contributed by atoms with E-state index in [1.54, 1.807) is 0 Å². The first-order valence-electron chi connectivity index (χ1n) is 8.58. The number of likely N-dealkylation sites (tertiary alicyclic amines) is 2. The zero-order valence-electron chi connectivity index (χ0n) is 13.3. The monoisotopic (exact) mass is 304 g/mol. The Morgan fingerprint density at radius 2 is 1.18 bits per heavy atom. The fraction of sp³-hybridized carbons (Fsp3) is 0.667. The van der Waals surface area contributed by atoms with Crippen LogP contribution in [-0.2, 0) is 13.1 Å². The van der Waals surface area contributed by atoms with E-state index >= 15 is 0 Å². The molecule has 1 aromatic rings. The summed E-state index contributed by atoms with van der Waals surface area (Å²) in [5.41, 5.74) is 2.65. The van der Waals surface area contributed by atoms with E-state index in [2.05, 4.69) is 34.1 Å². The molecule has 1 aromatic carbocycles. The molecule has 2 aliphatic heterocycles. The van der Waals surface area contributed by atoms with Gasteiger partial charge in [-0.2, -0.15) is 0 Å². The van der Waals surface area contributed by atoms with Crippen LogP contribution < -0.4 is 0 Å². The van der Waals surface area contributed by atoms with E-state index in [1.807, 2.05) is 0 Å². The van der Waals surface area contributed by atoms with Crippen LogP contribution in [0.2, 0.25) is 0 Å². The minimum absolute atomic E-state index is 0.273. The van der Waals surface area contributed by atoms with Crippen molar-refractivity contribution in [1.29, 1.82) is 0 Å². The van der Waals surface area contributed by atoms with E-state index in [9.17, 15) is 10.2 Å². The van der Waals surface area contributed by atoms with Crippen LogP contribution in [-0.4, -0.2) is 58.4 Å². The largest absolute Gasteiger partial charge is 0.395 e. The van der Waals surface area contributed by atoms with Crippen LogP contribution in [0.15, 0.2) is 24.3 Å². The molecule has 122 valence electrons. The highest BCUT2D eigenvalue weighted by atomic mass is 16.3. The number of aliphatic hydroxyl groups is 2. The molecule has 0 saturated carbocycles. The molecule has 2 fully saturated rings. The van der Waals surface area contributed by atoms with Crippen molar-refractivity contribution >= 4 is 0 Å². The van der Waals surface area contributed by atoms with Gasteiger partial charge in [-0.15, -0.1) is 0 Å². The second-order valence-corrected chi connectivity index (χ2v) is 6.71. The van der Waals surface area contributed by atoms with Gasteiger partial charge >= 0.3 is 0 Å². The molecule has 2 N–H and O–H groups in total. The SMILES string of the molecule is OCC1CCCN1Cc1ccc(CN2CCCC2CO)cc1. The van der Waals surface area contributed by atoms with E-state index in [4.69, 9.17) is 0 Å². The summed E-state index contributed by atoms with van der Waals surface area (Å²) in [7, 11) is 0. The number of hydrogen-bond donors (Lipinski definition) is 2.